The van der Waals surface area contributed by atoms with Crippen molar-refractivity contribution in [1.82, 2.24) is 14.9 Å². The lowest BCUT2D eigenvalue weighted by Gasteiger charge is -2.20. The highest BCUT2D eigenvalue weighted by Gasteiger charge is 2.16. The number of nitrogens with zero attached hydrogens (tertiary/aromatic N) is 3. The van der Waals surface area contributed by atoms with Crippen LogP contribution in [0.1, 0.15) is 23.0 Å². The van der Waals surface area contributed by atoms with E-state index >= 15 is 0 Å². The van der Waals surface area contributed by atoms with Gasteiger partial charge in [0, 0.05) is 18.9 Å². The molecule has 0 radical (unpaired) electrons. The largest absolute Gasteiger partial charge is 0.333 e. The van der Waals surface area contributed by atoms with Gasteiger partial charge in [-0.2, -0.15) is 0 Å². The molecule has 2 aromatic heterocycles. The van der Waals surface area contributed by atoms with E-state index in [2.05, 4.69) is 15.4 Å². The molecule has 0 spiro atoms. The number of carbonyl (C=O) groups is 1. The molecule has 110 valence electrons. The van der Waals surface area contributed by atoms with Crippen molar-refractivity contribution in [2.45, 2.75) is 13.5 Å². The summed E-state index contributed by atoms with van der Waals surface area (Å²) in [5, 5.41) is 0.303. The maximum Gasteiger partial charge on any atom is 0.255 e. The van der Waals surface area contributed by atoms with Crippen molar-refractivity contribution in [3.8, 4) is 0 Å². The second-order valence-corrected chi connectivity index (χ2v) is 4.75. The number of nitrogens with two attached hydrogens (primary N) is 1. The molecular weight excluding hydrogens is 290 g/mol. The van der Waals surface area contributed by atoms with Crippen molar-refractivity contribution >= 4 is 23.3 Å². The second kappa shape index (κ2) is 7.01. The van der Waals surface area contributed by atoms with E-state index in [1.54, 1.807) is 17.2 Å². The van der Waals surface area contributed by atoms with Crippen molar-refractivity contribution in [2.24, 2.45) is 5.84 Å². The van der Waals surface area contributed by atoms with E-state index in [0.29, 0.717) is 29.5 Å². The Labute approximate surface area is 127 Å². The standard InChI is InChI=1S/C14H16ClN5O/c1-2-20(9-11-5-3-4-6-17-11)14(21)10-7-12(15)13(19-16)18-8-10/h3-8H,2,9,16H2,1H3,(H,18,19). The van der Waals surface area contributed by atoms with Gasteiger partial charge in [-0.1, -0.05) is 17.7 Å². The summed E-state index contributed by atoms with van der Waals surface area (Å²) in [6.07, 6.45) is 3.15. The molecule has 0 saturated carbocycles. The minimum Gasteiger partial charge on any atom is -0.333 e. The van der Waals surface area contributed by atoms with Crippen LogP contribution in [0.5, 0.6) is 0 Å². The zero-order valence-electron chi connectivity index (χ0n) is 11.6. The van der Waals surface area contributed by atoms with E-state index < -0.39 is 0 Å². The van der Waals surface area contributed by atoms with Crippen LogP contribution in [0.15, 0.2) is 36.7 Å². The molecule has 7 heteroatoms. The van der Waals surface area contributed by atoms with E-state index in [-0.39, 0.29) is 5.91 Å². The fourth-order valence-corrected chi connectivity index (χ4v) is 2.08. The number of hydrogen-bond acceptors (Lipinski definition) is 5. The first-order valence-corrected chi connectivity index (χ1v) is 6.84. The molecule has 0 aliphatic rings. The third-order valence-corrected chi connectivity index (χ3v) is 3.26. The van der Waals surface area contributed by atoms with Gasteiger partial charge in [0.25, 0.3) is 5.91 Å². The van der Waals surface area contributed by atoms with Gasteiger partial charge in [0.1, 0.15) is 0 Å². The van der Waals surface area contributed by atoms with Crippen molar-refractivity contribution in [3.63, 3.8) is 0 Å². The summed E-state index contributed by atoms with van der Waals surface area (Å²) in [5.41, 5.74) is 3.61. The van der Waals surface area contributed by atoms with Crippen LogP contribution in [0.3, 0.4) is 0 Å². The number of nitrogen functional groups attached to an aromatic ring is 1. The average molecular weight is 306 g/mol. The average Bonchev–Trinajstić information content (AvgIpc) is 2.53. The first kappa shape index (κ1) is 15.2. The minimum absolute atomic E-state index is 0.152. The number of nitrogens with one attached hydrogen (secondary N) is 1. The van der Waals surface area contributed by atoms with Gasteiger partial charge in [-0.25, -0.2) is 10.8 Å². The fourth-order valence-electron chi connectivity index (χ4n) is 1.86. The predicted molar refractivity (Wildman–Crippen MR) is 81.7 cm³/mol. The van der Waals surface area contributed by atoms with Gasteiger partial charge in [-0.15, -0.1) is 0 Å². The highest BCUT2D eigenvalue weighted by molar-refractivity contribution is 6.33. The van der Waals surface area contributed by atoms with Gasteiger partial charge in [-0.3, -0.25) is 9.78 Å². The van der Waals surface area contributed by atoms with Crippen molar-refractivity contribution < 1.29 is 4.79 Å². The van der Waals surface area contributed by atoms with E-state index in [0.717, 1.165) is 5.69 Å². The van der Waals surface area contributed by atoms with Crippen LogP contribution in [0, 0.1) is 0 Å². The Bertz CT molecular complexity index is 620. The zero-order chi connectivity index (χ0) is 15.2. The maximum absolute atomic E-state index is 12.5. The summed E-state index contributed by atoms with van der Waals surface area (Å²) in [7, 11) is 0. The van der Waals surface area contributed by atoms with Crippen molar-refractivity contribution in [2.75, 3.05) is 12.0 Å². The molecule has 0 unspecified atom stereocenters. The molecule has 2 aromatic rings. The number of anilines is 1. The summed E-state index contributed by atoms with van der Waals surface area (Å²) in [6.45, 7) is 2.90. The van der Waals surface area contributed by atoms with Gasteiger partial charge >= 0.3 is 0 Å². The monoisotopic (exact) mass is 305 g/mol. The lowest BCUT2D eigenvalue weighted by Crippen LogP contribution is -2.30. The highest BCUT2D eigenvalue weighted by atomic mass is 35.5. The number of halogens is 1. The molecule has 6 nitrogen and oxygen atoms in total. The van der Waals surface area contributed by atoms with Gasteiger partial charge < -0.3 is 10.3 Å². The van der Waals surface area contributed by atoms with Gasteiger partial charge in [0.2, 0.25) is 0 Å². The van der Waals surface area contributed by atoms with E-state index in [1.165, 1.54) is 6.20 Å². The lowest BCUT2D eigenvalue weighted by molar-refractivity contribution is 0.0750. The van der Waals surface area contributed by atoms with E-state index in [9.17, 15) is 4.79 Å². The molecule has 2 rings (SSSR count). The van der Waals surface area contributed by atoms with Gasteiger partial charge in [0.15, 0.2) is 5.82 Å². The molecule has 21 heavy (non-hydrogen) atoms. The van der Waals surface area contributed by atoms with Crippen molar-refractivity contribution in [1.29, 1.82) is 0 Å². The Balaban J connectivity index is 2.18. The molecule has 1 amide bonds. The summed E-state index contributed by atoms with van der Waals surface area (Å²) < 4.78 is 0. The van der Waals surface area contributed by atoms with Crippen molar-refractivity contribution in [3.05, 3.63) is 52.9 Å². The normalized spacial score (nSPS) is 10.2. The topological polar surface area (TPSA) is 84.1 Å². The quantitative estimate of drug-likeness (QED) is 0.652. The number of carbonyl (C=O) groups excluding carboxylic acids is 1. The Morgan fingerprint density at radius 2 is 2.24 bits per heavy atom. The lowest BCUT2D eigenvalue weighted by atomic mass is 10.2. The molecule has 0 aliphatic carbocycles. The van der Waals surface area contributed by atoms with Gasteiger partial charge in [-0.05, 0) is 25.1 Å². The Morgan fingerprint density at radius 1 is 1.43 bits per heavy atom. The smallest absolute Gasteiger partial charge is 0.255 e. The zero-order valence-corrected chi connectivity index (χ0v) is 12.3. The van der Waals surface area contributed by atoms with Crippen LogP contribution in [-0.2, 0) is 6.54 Å². The second-order valence-electron chi connectivity index (χ2n) is 4.34. The number of hydrazine groups is 1. The molecule has 0 aromatic carbocycles. The summed E-state index contributed by atoms with van der Waals surface area (Å²) in [6, 6.07) is 7.15. The van der Waals surface area contributed by atoms with Crippen LogP contribution in [-0.4, -0.2) is 27.3 Å². The molecule has 0 aliphatic heterocycles. The van der Waals surface area contributed by atoms with Crippen LogP contribution in [0.2, 0.25) is 5.02 Å². The maximum atomic E-state index is 12.5. The van der Waals surface area contributed by atoms with E-state index in [4.69, 9.17) is 17.4 Å². The fraction of sp³-hybridized carbons (Fsp3) is 0.214. The first-order chi connectivity index (χ1) is 10.2. The first-order valence-electron chi connectivity index (χ1n) is 6.47. The molecule has 0 atom stereocenters. The molecular formula is C14H16ClN5O. The number of aromatic nitrogens is 2. The summed E-state index contributed by atoms with van der Waals surface area (Å²) >= 11 is 5.99. The van der Waals surface area contributed by atoms with Crippen LogP contribution in [0.4, 0.5) is 5.82 Å². The minimum atomic E-state index is -0.152. The van der Waals surface area contributed by atoms with Crippen LogP contribution >= 0.6 is 11.6 Å². The number of amides is 1. The number of pyridine rings is 2. The Morgan fingerprint density at radius 3 is 2.81 bits per heavy atom. The molecule has 3 N–H and O–H groups in total. The molecule has 2 heterocycles. The summed E-state index contributed by atoms with van der Waals surface area (Å²) in [4.78, 5) is 22.4. The third kappa shape index (κ3) is 3.68. The predicted octanol–water partition coefficient (Wildman–Crippen LogP) is 2.08. The van der Waals surface area contributed by atoms with Gasteiger partial charge in [0.05, 0.1) is 22.8 Å². The Kier molecular flexibility index (Phi) is 5.08. The molecule has 0 bridgehead atoms. The third-order valence-electron chi connectivity index (χ3n) is 2.97. The molecule has 0 fully saturated rings. The number of hydrogen-bond donors (Lipinski definition) is 2. The molecule has 0 saturated heterocycles. The highest BCUT2D eigenvalue weighted by Crippen LogP contribution is 2.20. The Hall–Kier alpha value is -2.18. The summed E-state index contributed by atoms with van der Waals surface area (Å²) in [5.74, 6) is 5.45. The van der Waals surface area contributed by atoms with Crippen LogP contribution in [0.25, 0.3) is 0 Å². The SMILES string of the molecule is CCN(Cc1ccccn1)C(=O)c1cnc(NN)c(Cl)c1. The van der Waals surface area contributed by atoms with Crippen LogP contribution < -0.4 is 11.3 Å². The number of rotatable bonds is 5. The van der Waals surface area contributed by atoms with E-state index in [1.807, 2.05) is 25.1 Å².